The number of nitrogens with one attached hydrogen (secondary N) is 1. The van der Waals surface area contributed by atoms with Gasteiger partial charge in [-0.2, -0.15) is 0 Å². The molecule has 4 heteroatoms. The number of halogens is 1. The van der Waals surface area contributed by atoms with Crippen LogP contribution in [0, 0.1) is 0 Å². The Kier molecular flexibility index (Phi) is 4.02. The van der Waals surface area contributed by atoms with Gasteiger partial charge >= 0.3 is 0 Å². The molecule has 1 aliphatic rings. The summed E-state index contributed by atoms with van der Waals surface area (Å²) in [5, 5.41) is 4.11. The molecule has 0 bridgehead atoms. The highest BCUT2D eigenvalue weighted by Gasteiger charge is 2.20. The van der Waals surface area contributed by atoms with Crippen molar-refractivity contribution in [2.45, 2.75) is 44.2 Å². The number of nitrogens with zero attached hydrogens (tertiary/aromatic N) is 1. The molecule has 16 heavy (non-hydrogen) atoms. The Balaban J connectivity index is 2.05. The monoisotopic (exact) mass is 239 g/mol. The minimum atomic E-state index is 0.228. The molecular formula is C12H18ClN3. The minimum absolute atomic E-state index is 0.228. The molecule has 3 nitrogen and oxygen atoms in total. The summed E-state index contributed by atoms with van der Waals surface area (Å²) in [4.78, 5) is 3.97. The average molecular weight is 240 g/mol. The van der Waals surface area contributed by atoms with Gasteiger partial charge in [0.25, 0.3) is 0 Å². The molecule has 2 unspecified atom stereocenters. The zero-order valence-electron chi connectivity index (χ0n) is 9.32. The van der Waals surface area contributed by atoms with Crippen LogP contribution in [0.25, 0.3) is 0 Å². The summed E-state index contributed by atoms with van der Waals surface area (Å²) in [5.74, 6) is 0. The smallest absolute Gasteiger partial charge is 0.0820 e. The predicted molar refractivity (Wildman–Crippen MR) is 67.7 cm³/mol. The molecule has 3 N–H and O–H groups in total. The standard InChI is InChI=1S/C12H18ClN3/c13-9-8-15-7-6-11(9)16-12-5-3-1-2-4-10(12)14/h6-8,10,12H,1-5,14H2,(H,15,16). The van der Waals surface area contributed by atoms with Crippen molar-refractivity contribution in [1.82, 2.24) is 4.98 Å². The summed E-state index contributed by atoms with van der Waals surface area (Å²) in [6.07, 6.45) is 9.40. The fraction of sp³-hybridized carbons (Fsp3) is 0.583. The summed E-state index contributed by atoms with van der Waals surface area (Å²) in [6.45, 7) is 0. The Labute approximate surface area is 101 Å². The molecule has 1 aliphatic carbocycles. The van der Waals surface area contributed by atoms with Crippen molar-refractivity contribution in [3.63, 3.8) is 0 Å². The number of pyridine rings is 1. The molecule has 0 spiro atoms. The second-order valence-electron chi connectivity index (χ2n) is 4.41. The highest BCUT2D eigenvalue weighted by molar-refractivity contribution is 6.33. The van der Waals surface area contributed by atoms with Gasteiger partial charge in [0.05, 0.1) is 10.7 Å². The van der Waals surface area contributed by atoms with Crippen LogP contribution in [0.5, 0.6) is 0 Å². The largest absolute Gasteiger partial charge is 0.379 e. The van der Waals surface area contributed by atoms with Crippen LogP contribution in [0.3, 0.4) is 0 Å². The van der Waals surface area contributed by atoms with Crippen molar-refractivity contribution in [3.05, 3.63) is 23.5 Å². The quantitative estimate of drug-likeness (QED) is 0.781. The highest BCUT2D eigenvalue weighted by Crippen LogP contribution is 2.24. The van der Waals surface area contributed by atoms with Crippen LogP contribution < -0.4 is 11.1 Å². The van der Waals surface area contributed by atoms with E-state index in [0.717, 1.165) is 18.5 Å². The number of aromatic nitrogens is 1. The van der Waals surface area contributed by atoms with Gasteiger partial charge in [-0.05, 0) is 18.9 Å². The van der Waals surface area contributed by atoms with Gasteiger partial charge in [0.15, 0.2) is 0 Å². The zero-order chi connectivity index (χ0) is 11.4. The van der Waals surface area contributed by atoms with E-state index in [1.54, 1.807) is 12.4 Å². The normalized spacial score (nSPS) is 26.1. The van der Waals surface area contributed by atoms with E-state index in [1.807, 2.05) is 6.07 Å². The number of hydrogen-bond acceptors (Lipinski definition) is 3. The summed E-state index contributed by atoms with van der Waals surface area (Å²) in [6, 6.07) is 2.47. The maximum Gasteiger partial charge on any atom is 0.0820 e. The van der Waals surface area contributed by atoms with Gasteiger partial charge in [-0.1, -0.05) is 30.9 Å². The molecule has 0 radical (unpaired) electrons. The lowest BCUT2D eigenvalue weighted by Gasteiger charge is -2.24. The molecule has 0 aromatic carbocycles. The summed E-state index contributed by atoms with van der Waals surface area (Å²) in [7, 11) is 0. The third kappa shape index (κ3) is 2.86. The lowest BCUT2D eigenvalue weighted by Crippen LogP contribution is -2.39. The van der Waals surface area contributed by atoms with E-state index in [9.17, 15) is 0 Å². The molecule has 88 valence electrons. The molecule has 2 atom stereocenters. The van der Waals surface area contributed by atoms with Crippen molar-refractivity contribution in [2.75, 3.05) is 5.32 Å². The zero-order valence-corrected chi connectivity index (χ0v) is 10.1. The lowest BCUT2D eigenvalue weighted by atomic mass is 10.0. The minimum Gasteiger partial charge on any atom is -0.379 e. The molecular weight excluding hydrogens is 222 g/mol. The van der Waals surface area contributed by atoms with Crippen molar-refractivity contribution in [1.29, 1.82) is 0 Å². The van der Waals surface area contributed by atoms with Crippen LogP contribution in [0.4, 0.5) is 5.69 Å². The average Bonchev–Trinajstić information content (AvgIpc) is 2.48. The maximum absolute atomic E-state index is 6.16. The van der Waals surface area contributed by atoms with Gasteiger partial charge < -0.3 is 11.1 Å². The molecule has 0 amide bonds. The van der Waals surface area contributed by atoms with Gasteiger partial charge in [-0.15, -0.1) is 0 Å². The number of anilines is 1. The van der Waals surface area contributed by atoms with Crippen molar-refractivity contribution in [3.8, 4) is 0 Å². The molecule has 0 saturated heterocycles. The van der Waals surface area contributed by atoms with Crippen LogP contribution >= 0.6 is 11.6 Å². The Morgan fingerprint density at radius 3 is 2.94 bits per heavy atom. The third-order valence-electron chi connectivity index (χ3n) is 3.18. The van der Waals surface area contributed by atoms with Crippen molar-refractivity contribution < 1.29 is 0 Å². The maximum atomic E-state index is 6.16. The first-order valence-corrected chi connectivity index (χ1v) is 6.27. The Hall–Kier alpha value is -0.800. The molecule has 2 rings (SSSR count). The summed E-state index contributed by atoms with van der Waals surface area (Å²) >= 11 is 6.07. The molecule has 1 aromatic heterocycles. The van der Waals surface area contributed by atoms with E-state index in [4.69, 9.17) is 17.3 Å². The van der Waals surface area contributed by atoms with E-state index in [1.165, 1.54) is 19.3 Å². The van der Waals surface area contributed by atoms with E-state index >= 15 is 0 Å². The SMILES string of the molecule is NC1CCCCCC1Nc1ccncc1Cl. The number of hydrogen-bond donors (Lipinski definition) is 2. The lowest BCUT2D eigenvalue weighted by molar-refractivity contribution is 0.528. The molecule has 1 saturated carbocycles. The third-order valence-corrected chi connectivity index (χ3v) is 3.48. The molecule has 1 aromatic rings. The molecule has 1 fully saturated rings. The Bertz CT molecular complexity index is 343. The van der Waals surface area contributed by atoms with Gasteiger partial charge in [-0.25, -0.2) is 0 Å². The van der Waals surface area contributed by atoms with Crippen molar-refractivity contribution in [2.24, 2.45) is 5.73 Å². The first kappa shape index (κ1) is 11.7. The van der Waals surface area contributed by atoms with Gasteiger partial charge in [0.1, 0.15) is 0 Å². The van der Waals surface area contributed by atoms with Crippen LogP contribution in [-0.2, 0) is 0 Å². The first-order valence-electron chi connectivity index (χ1n) is 5.89. The van der Waals surface area contributed by atoms with Gasteiger partial charge in [0.2, 0.25) is 0 Å². The first-order chi connectivity index (χ1) is 7.77. The Morgan fingerprint density at radius 2 is 2.12 bits per heavy atom. The van der Waals surface area contributed by atoms with E-state index in [0.29, 0.717) is 11.1 Å². The van der Waals surface area contributed by atoms with E-state index < -0.39 is 0 Å². The topological polar surface area (TPSA) is 50.9 Å². The van der Waals surface area contributed by atoms with Gasteiger partial charge in [0, 0.05) is 24.5 Å². The van der Waals surface area contributed by atoms with Crippen LogP contribution in [0.1, 0.15) is 32.1 Å². The Morgan fingerprint density at radius 1 is 1.31 bits per heavy atom. The summed E-state index contributed by atoms with van der Waals surface area (Å²) < 4.78 is 0. The van der Waals surface area contributed by atoms with Gasteiger partial charge in [-0.3, -0.25) is 4.98 Å². The number of rotatable bonds is 2. The van der Waals surface area contributed by atoms with Crippen LogP contribution in [-0.4, -0.2) is 17.1 Å². The fourth-order valence-corrected chi connectivity index (χ4v) is 2.38. The van der Waals surface area contributed by atoms with E-state index in [-0.39, 0.29) is 6.04 Å². The second-order valence-corrected chi connectivity index (χ2v) is 4.82. The summed E-state index contributed by atoms with van der Waals surface area (Å²) in [5.41, 5.74) is 7.10. The molecule has 0 aliphatic heterocycles. The predicted octanol–water partition coefficient (Wildman–Crippen LogP) is 2.81. The van der Waals surface area contributed by atoms with E-state index in [2.05, 4.69) is 10.3 Å². The van der Waals surface area contributed by atoms with Crippen LogP contribution in [0.2, 0.25) is 5.02 Å². The molecule has 1 heterocycles. The fourth-order valence-electron chi connectivity index (χ4n) is 2.21. The second kappa shape index (κ2) is 5.51. The van der Waals surface area contributed by atoms with Crippen molar-refractivity contribution >= 4 is 17.3 Å². The number of nitrogens with two attached hydrogens (primary N) is 1. The van der Waals surface area contributed by atoms with Crippen LogP contribution in [0.15, 0.2) is 18.5 Å². The highest BCUT2D eigenvalue weighted by atomic mass is 35.5.